The van der Waals surface area contributed by atoms with E-state index in [2.05, 4.69) is 47.1 Å². The minimum atomic E-state index is 0.0167. The molecule has 26 heavy (non-hydrogen) atoms. The first-order valence-electron chi connectivity index (χ1n) is 8.40. The molecule has 1 N–H and O–H groups in total. The Labute approximate surface area is 164 Å². The molecule has 3 aromatic rings. The van der Waals surface area contributed by atoms with Gasteiger partial charge in [-0.3, -0.25) is 9.69 Å². The van der Waals surface area contributed by atoms with E-state index in [1.54, 1.807) is 17.7 Å². The fourth-order valence-electron chi connectivity index (χ4n) is 3.08. The van der Waals surface area contributed by atoms with Gasteiger partial charge in [0.2, 0.25) is 5.91 Å². The van der Waals surface area contributed by atoms with Gasteiger partial charge >= 0.3 is 0 Å². The third kappa shape index (κ3) is 3.87. The van der Waals surface area contributed by atoms with Gasteiger partial charge in [-0.05, 0) is 35.7 Å². The summed E-state index contributed by atoms with van der Waals surface area (Å²) in [5, 5.41) is 6.10. The fraction of sp³-hybridized carbons (Fsp3) is 0.278. The molecule has 6 nitrogen and oxygen atoms in total. The summed E-state index contributed by atoms with van der Waals surface area (Å²) in [6, 6.07) is 9.69. The summed E-state index contributed by atoms with van der Waals surface area (Å²) in [7, 11) is 0. The highest BCUT2D eigenvalue weighted by molar-refractivity contribution is 9.10. The maximum Gasteiger partial charge on any atom is 0.238 e. The van der Waals surface area contributed by atoms with Crippen molar-refractivity contribution in [2.45, 2.75) is 0 Å². The van der Waals surface area contributed by atoms with Crippen molar-refractivity contribution in [3.8, 4) is 0 Å². The molecule has 1 aliphatic heterocycles. The number of piperazine rings is 1. The van der Waals surface area contributed by atoms with E-state index in [0.717, 1.165) is 52.4 Å². The Bertz CT molecular complexity index is 905. The van der Waals surface area contributed by atoms with E-state index in [4.69, 9.17) is 0 Å². The molecule has 134 valence electrons. The van der Waals surface area contributed by atoms with Gasteiger partial charge in [0.25, 0.3) is 0 Å². The summed E-state index contributed by atoms with van der Waals surface area (Å²) in [4.78, 5) is 26.5. The molecule has 1 saturated heterocycles. The number of nitrogens with one attached hydrogen (secondary N) is 1. The monoisotopic (exact) mass is 431 g/mol. The molecular weight excluding hydrogens is 414 g/mol. The molecule has 3 heterocycles. The highest BCUT2D eigenvalue weighted by Gasteiger charge is 2.21. The number of nitrogens with zero attached hydrogens (tertiary/aromatic N) is 4. The van der Waals surface area contributed by atoms with Crippen molar-refractivity contribution in [2.24, 2.45) is 0 Å². The summed E-state index contributed by atoms with van der Waals surface area (Å²) in [5.41, 5.74) is 0.817. The van der Waals surface area contributed by atoms with Crippen LogP contribution in [0.5, 0.6) is 0 Å². The lowest BCUT2D eigenvalue weighted by Gasteiger charge is -2.35. The van der Waals surface area contributed by atoms with Crippen molar-refractivity contribution >= 4 is 54.9 Å². The van der Waals surface area contributed by atoms with Crippen molar-refractivity contribution in [3.63, 3.8) is 0 Å². The normalized spacial score (nSPS) is 15.3. The molecule has 8 heteroatoms. The first-order chi connectivity index (χ1) is 12.7. The third-order valence-electron chi connectivity index (χ3n) is 4.41. The Balaban J connectivity index is 1.33. The molecular formula is C18H18BrN5OS. The number of hydrogen-bond acceptors (Lipinski definition) is 6. The van der Waals surface area contributed by atoms with Gasteiger partial charge < -0.3 is 10.2 Å². The molecule has 0 atom stereocenters. The van der Waals surface area contributed by atoms with Gasteiger partial charge in [0.15, 0.2) is 0 Å². The largest absolute Gasteiger partial charge is 0.353 e. The zero-order valence-corrected chi connectivity index (χ0v) is 16.5. The number of benzene rings is 1. The fourth-order valence-corrected chi connectivity index (χ4v) is 4.08. The molecule has 1 fully saturated rings. The van der Waals surface area contributed by atoms with Crippen LogP contribution in [0.4, 0.5) is 11.5 Å². The second kappa shape index (κ2) is 7.69. The molecule has 0 aliphatic carbocycles. The van der Waals surface area contributed by atoms with E-state index >= 15 is 0 Å². The molecule has 4 rings (SSSR count). The number of thiophene rings is 1. The van der Waals surface area contributed by atoms with E-state index in [1.165, 1.54) is 0 Å². The number of hydrogen-bond donors (Lipinski definition) is 1. The molecule has 0 spiro atoms. The molecule has 2 aromatic heterocycles. The molecule has 0 saturated carbocycles. The number of carbonyl (C=O) groups excluding carboxylic acids is 1. The maximum atomic E-state index is 12.3. The first-order valence-corrected chi connectivity index (χ1v) is 10.1. The summed E-state index contributed by atoms with van der Waals surface area (Å²) in [6.45, 7) is 3.79. The van der Waals surface area contributed by atoms with Gasteiger partial charge in [-0.25, -0.2) is 9.97 Å². The number of carbonyl (C=O) groups is 1. The van der Waals surface area contributed by atoms with E-state index < -0.39 is 0 Å². The number of rotatable bonds is 4. The Hall–Kier alpha value is -2.03. The highest BCUT2D eigenvalue weighted by atomic mass is 79.9. The van der Waals surface area contributed by atoms with Crippen LogP contribution in [-0.4, -0.2) is 53.5 Å². The smallest absolute Gasteiger partial charge is 0.238 e. The first kappa shape index (κ1) is 17.4. The predicted molar refractivity (Wildman–Crippen MR) is 109 cm³/mol. The van der Waals surface area contributed by atoms with Crippen molar-refractivity contribution < 1.29 is 4.79 Å². The van der Waals surface area contributed by atoms with Crippen LogP contribution in [0.2, 0.25) is 0 Å². The Morgan fingerprint density at radius 2 is 1.88 bits per heavy atom. The van der Waals surface area contributed by atoms with Crippen molar-refractivity contribution in [3.05, 3.63) is 46.5 Å². The summed E-state index contributed by atoms with van der Waals surface area (Å²) in [5.74, 6) is 1.01. The molecule has 1 aromatic carbocycles. The average Bonchev–Trinajstić information content (AvgIpc) is 3.13. The minimum Gasteiger partial charge on any atom is -0.353 e. The van der Waals surface area contributed by atoms with E-state index in [-0.39, 0.29) is 5.91 Å². The minimum absolute atomic E-state index is 0.0167. The Kier molecular flexibility index (Phi) is 5.14. The van der Waals surface area contributed by atoms with E-state index in [0.29, 0.717) is 6.54 Å². The molecule has 0 bridgehead atoms. The molecule has 0 unspecified atom stereocenters. The van der Waals surface area contributed by atoms with Gasteiger partial charge in [-0.15, -0.1) is 11.3 Å². The topological polar surface area (TPSA) is 61.4 Å². The zero-order valence-electron chi connectivity index (χ0n) is 14.1. The van der Waals surface area contributed by atoms with Gasteiger partial charge in [-0.1, -0.05) is 15.9 Å². The number of amides is 1. The van der Waals surface area contributed by atoms with Gasteiger partial charge in [0, 0.05) is 36.3 Å². The number of anilines is 2. The SMILES string of the molecule is O=C(CN1CCN(c2ncnc3sccc23)CC1)Nc1ccc(Br)cc1. The lowest BCUT2D eigenvalue weighted by atomic mass is 10.2. The van der Waals surface area contributed by atoms with Crippen LogP contribution < -0.4 is 10.2 Å². The van der Waals surface area contributed by atoms with Crippen LogP contribution >= 0.6 is 27.3 Å². The third-order valence-corrected chi connectivity index (χ3v) is 5.76. The standard InChI is InChI=1S/C18H18BrN5OS/c19-13-1-3-14(4-2-13)22-16(25)11-23-6-8-24(9-7-23)17-15-5-10-26-18(15)21-12-20-17/h1-5,10,12H,6-9,11H2,(H,22,25). The van der Waals surface area contributed by atoms with Crippen LogP contribution in [0.15, 0.2) is 46.5 Å². The van der Waals surface area contributed by atoms with E-state index in [1.807, 2.05) is 29.6 Å². The van der Waals surface area contributed by atoms with Crippen LogP contribution in [0.25, 0.3) is 10.2 Å². The quantitative estimate of drug-likeness (QED) is 0.686. The highest BCUT2D eigenvalue weighted by Crippen LogP contribution is 2.27. The van der Waals surface area contributed by atoms with Crippen LogP contribution in [0.1, 0.15) is 0 Å². The van der Waals surface area contributed by atoms with Crippen LogP contribution in [0, 0.1) is 0 Å². The van der Waals surface area contributed by atoms with Crippen LogP contribution in [-0.2, 0) is 4.79 Å². The number of halogens is 1. The van der Waals surface area contributed by atoms with Crippen LogP contribution in [0.3, 0.4) is 0 Å². The molecule has 1 amide bonds. The van der Waals surface area contributed by atoms with Crippen molar-refractivity contribution in [2.75, 3.05) is 42.9 Å². The lowest BCUT2D eigenvalue weighted by Crippen LogP contribution is -2.49. The van der Waals surface area contributed by atoms with Crippen molar-refractivity contribution in [1.82, 2.24) is 14.9 Å². The van der Waals surface area contributed by atoms with Gasteiger partial charge in [0.1, 0.15) is 17.0 Å². The van der Waals surface area contributed by atoms with E-state index in [9.17, 15) is 4.79 Å². The number of fused-ring (bicyclic) bond motifs is 1. The molecule has 1 aliphatic rings. The lowest BCUT2D eigenvalue weighted by molar-refractivity contribution is -0.117. The molecule has 0 radical (unpaired) electrons. The second-order valence-corrected chi connectivity index (χ2v) is 7.97. The van der Waals surface area contributed by atoms with Gasteiger partial charge in [0.05, 0.1) is 11.9 Å². The van der Waals surface area contributed by atoms with Crippen molar-refractivity contribution in [1.29, 1.82) is 0 Å². The number of aromatic nitrogens is 2. The zero-order chi connectivity index (χ0) is 17.9. The second-order valence-electron chi connectivity index (χ2n) is 6.15. The van der Waals surface area contributed by atoms with Gasteiger partial charge in [-0.2, -0.15) is 0 Å². The summed E-state index contributed by atoms with van der Waals surface area (Å²) in [6.07, 6.45) is 1.63. The maximum absolute atomic E-state index is 12.3. The average molecular weight is 432 g/mol. The Morgan fingerprint density at radius 3 is 2.65 bits per heavy atom. The summed E-state index contributed by atoms with van der Waals surface area (Å²) < 4.78 is 0.996. The Morgan fingerprint density at radius 1 is 1.12 bits per heavy atom. The predicted octanol–water partition coefficient (Wildman–Crippen LogP) is 3.21. The summed E-state index contributed by atoms with van der Waals surface area (Å²) >= 11 is 5.03.